The summed E-state index contributed by atoms with van der Waals surface area (Å²) in [4.78, 5) is 0. The van der Waals surface area contributed by atoms with Crippen LogP contribution in [0.25, 0.3) is 0 Å². The summed E-state index contributed by atoms with van der Waals surface area (Å²) in [5, 5.41) is 5.60. The third kappa shape index (κ3) is 3.59. The Morgan fingerprint density at radius 3 is 2.60 bits per heavy atom. The van der Waals surface area contributed by atoms with Gasteiger partial charge in [0.25, 0.3) is 0 Å². The lowest BCUT2D eigenvalue weighted by molar-refractivity contribution is 0.544. The van der Waals surface area contributed by atoms with Gasteiger partial charge >= 0.3 is 0 Å². The van der Waals surface area contributed by atoms with E-state index in [4.69, 9.17) is 0 Å². The van der Waals surface area contributed by atoms with Gasteiger partial charge < -0.3 is 5.32 Å². The summed E-state index contributed by atoms with van der Waals surface area (Å²) in [6.07, 6.45) is 1.03. The van der Waals surface area contributed by atoms with Crippen LogP contribution in [0.2, 0.25) is 0 Å². The standard InChI is InChI=1S/C16H19FINS/c1-4-5-19-16(12-8-14(18)20-9-12)15-11(3)6-10(2)7-13(15)17/h6-9,16,19H,4-5H2,1-3H3. The maximum absolute atomic E-state index is 14.4. The van der Waals surface area contributed by atoms with Crippen LogP contribution in [0.1, 0.15) is 41.6 Å². The topological polar surface area (TPSA) is 12.0 Å². The van der Waals surface area contributed by atoms with Crippen LogP contribution in [0.3, 0.4) is 0 Å². The minimum Gasteiger partial charge on any atom is -0.306 e. The van der Waals surface area contributed by atoms with Gasteiger partial charge in [0.2, 0.25) is 0 Å². The first kappa shape index (κ1) is 15.9. The summed E-state index contributed by atoms with van der Waals surface area (Å²) in [6, 6.07) is 5.75. The smallest absolute Gasteiger partial charge is 0.128 e. The molecule has 1 N–H and O–H groups in total. The van der Waals surface area contributed by atoms with Gasteiger partial charge in [0.05, 0.1) is 8.93 Å². The maximum atomic E-state index is 14.4. The van der Waals surface area contributed by atoms with Gasteiger partial charge in [-0.05, 0) is 83.6 Å². The average molecular weight is 403 g/mol. The van der Waals surface area contributed by atoms with Gasteiger partial charge in [-0.3, -0.25) is 0 Å². The zero-order valence-corrected chi connectivity index (χ0v) is 14.9. The molecule has 1 aromatic heterocycles. The van der Waals surface area contributed by atoms with E-state index in [1.54, 1.807) is 17.4 Å². The van der Waals surface area contributed by atoms with Crippen molar-refractivity contribution in [1.29, 1.82) is 0 Å². The normalized spacial score (nSPS) is 12.7. The van der Waals surface area contributed by atoms with E-state index in [0.717, 1.165) is 35.2 Å². The van der Waals surface area contributed by atoms with E-state index in [1.807, 2.05) is 13.8 Å². The third-order valence-electron chi connectivity index (χ3n) is 3.29. The molecular formula is C16H19FINS. The van der Waals surface area contributed by atoms with E-state index < -0.39 is 0 Å². The van der Waals surface area contributed by atoms with Crippen LogP contribution in [0.5, 0.6) is 0 Å². The van der Waals surface area contributed by atoms with Crippen molar-refractivity contribution < 1.29 is 4.39 Å². The van der Waals surface area contributed by atoms with Gasteiger partial charge in [0, 0.05) is 5.56 Å². The lowest BCUT2D eigenvalue weighted by Gasteiger charge is -2.21. The van der Waals surface area contributed by atoms with E-state index in [9.17, 15) is 4.39 Å². The third-order valence-corrected chi connectivity index (χ3v) is 5.10. The predicted octanol–water partition coefficient (Wildman–Crippen LogP) is 5.20. The molecular weight excluding hydrogens is 384 g/mol. The van der Waals surface area contributed by atoms with Crippen LogP contribution < -0.4 is 5.32 Å². The molecule has 0 fully saturated rings. The van der Waals surface area contributed by atoms with E-state index in [1.165, 1.54) is 2.88 Å². The molecule has 1 unspecified atom stereocenters. The SMILES string of the molecule is CCCNC(c1csc(I)c1)c1c(C)cc(C)cc1F. The van der Waals surface area contributed by atoms with Crippen LogP contribution in [0.4, 0.5) is 4.39 Å². The van der Waals surface area contributed by atoms with Crippen molar-refractivity contribution in [3.8, 4) is 0 Å². The molecule has 0 radical (unpaired) electrons. The van der Waals surface area contributed by atoms with Crippen molar-refractivity contribution >= 4 is 33.9 Å². The number of hydrogen-bond acceptors (Lipinski definition) is 2. The van der Waals surface area contributed by atoms with Crippen LogP contribution in [0.15, 0.2) is 23.6 Å². The number of halogens is 2. The molecule has 1 atom stereocenters. The molecule has 108 valence electrons. The second-order valence-corrected chi connectivity index (χ2v) is 7.85. The van der Waals surface area contributed by atoms with Crippen LogP contribution in [0, 0.1) is 22.5 Å². The molecule has 2 rings (SSSR count). The van der Waals surface area contributed by atoms with E-state index in [0.29, 0.717) is 0 Å². The van der Waals surface area contributed by atoms with Crippen molar-refractivity contribution in [3.05, 3.63) is 54.5 Å². The summed E-state index contributed by atoms with van der Waals surface area (Å²) in [7, 11) is 0. The van der Waals surface area contributed by atoms with Gasteiger partial charge in [-0.2, -0.15) is 0 Å². The maximum Gasteiger partial charge on any atom is 0.128 e. The van der Waals surface area contributed by atoms with E-state index in [2.05, 4.69) is 52.3 Å². The first-order valence-electron chi connectivity index (χ1n) is 6.77. The molecule has 0 aliphatic heterocycles. The number of nitrogens with one attached hydrogen (secondary N) is 1. The number of aryl methyl sites for hydroxylation is 2. The Bertz CT molecular complexity index is 571. The lowest BCUT2D eigenvalue weighted by atomic mass is 9.94. The molecule has 0 spiro atoms. The highest BCUT2D eigenvalue weighted by Gasteiger charge is 2.20. The zero-order chi connectivity index (χ0) is 14.7. The number of thiophene rings is 1. The van der Waals surface area contributed by atoms with Crippen molar-refractivity contribution in [2.45, 2.75) is 33.2 Å². The Balaban J connectivity index is 2.46. The highest BCUT2D eigenvalue weighted by atomic mass is 127. The molecule has 0 aliphatic carbocycles. The second kappa shape index (κ2) is 7.00. The van der Waals surface area contributed by atoms with Crippen molar-refractivity contribution in [2.75, 3.05) is 6.54 Å². The Hall–Kier alpha value is -0.460. The number of benzene rings is 1. The van der Waals surface area contributed by atoms with Gasteiger partial charge in [0.1, 0.15) is 5.82 Å². The summed E-state index contributed by atoms with van der Waals surface area (Å²) in [6.45, 7) is 6.93. The monoisotopic (exact) mass is 403 g/mol. The second-order valence-electron chi connectivity index (χ2n) is 5.05. The average Bonchev–Trinajstić information content (AvgIpc) is 2.78. The minimum atomic E-state index is -0.114. The molecule has 20 heavy (non-hydrogen) atoms. The van der Waals surface area contributed by atoms with Crippen LogP contribution in [-0.2, 0) is 0 Å². The van der Waals surface area contributed by atoms with Crippen molar-refractivity contribution in [3.63, 3.8) is 0 Å². The molecule has 1 aromatic carbocycles. The molecule has 4 heteroatoms. The Labute approximate surface area is 137 Å². The summed E-state index contributed by atoms with van der Waals surface area (Å²) >= 11 is 4.01. The Kier molecular flexibility index (Phi) is 5.57. The molecule has 1 nitrogen and oxygen atoms in total. The summed E-state index contributed by atoms with van der Waals surface area (Å²) in [5.41, 5.74) is 3.91. The fourth-order valence-corrected chi connectivity index (χ4v) is 3.84. The molecule has 2 aromatic rings. The Morgan fingerprint density at radius 1 is 1.30 bits per heavy atom. The zero-order valence-electron chi connectivity index (χ0n) is 12.0. The van der Waals surface area contributed by atoms with E-state index >= 15 is 0 Å². The Morgan fingerprint density at radius 2 is 2.05 bits per heavy atom. The van der Waals surface area contributed by atoms with Gasteiger partial charge in [-0.15, -0.1) is 11.3 Å². The summed E-state index contributed by atoms with van der Waals surface area (Å²) in [5.74, 6) is -0.114. The molecule has 0 saturated carbocycles. The molecule has 0 bridgehead atoms. The van der Waals surface area contributed by atoms with Gasteiger partial charge in [-0.25, -0.2) is 4.39 Å². The molecule has 1 heterocycles. The fraction of sp³-hybridized carbons (Fsp3) is 0.375. The summed E-state index contributed by atoms with van der Waals surface area (Å²) < 4.78 is 15.7. The highest BCUT2D eigenvalue weighted by molar-refractivity contribution is 14.1. The quantitative estimate of drug-likeness (QED) is 0.677. The molecule has 0 aliphatic rings. The first-order valence-corrected chi connectivity index (χ1v) is 8.72. The van der Waals surface area contributed by atoms with Crippen molar-refractivity contribution in [1.82, 2.24) is 5.32 Å². The predicted molar refractivity (Wildman–Crippen MR) is 93.0 cm³/mol. The molecule has 0 saturated heterocycles. The highest BCUT2D eigenvalue weighted by Crippen LogP contribution is 2.31. The van der Waals surface area contributed by atoms with Crippen LogP contribution >= 0.6 is 33.9 Å². The first-order chi connectivity index (χ1) is 9.52. The number of hydrogen-bond donors (Lipinski definition) is 1. The fourth-order valence-electron chi connectivity index (χ4n) is 2.44. The van der Waals surface area contributed by atoms with Crippen LogP contribution in [-0.4, -0.2) is 6.54 Å². The van der Waals surface area contributed by atoms with Crippen molar-refractivity contribution in [2.24, 2.45) is 0 Å². The van der Waals surface area contributed by atoms with Gasteiger partial charge in [-0.1, -0.05) is 13.0 Å². The number of rotatable bonds is 5. The van der Waals surface area contributed by atoms with Gasteiger partial charge in [0.15, 0.2) is 0 Å². The molecule has 0 amide bonds. The minimum absolute atomic E-state index is 0.0599. The largest absolute Gasteiger partial charge is 0.306 e. The van der Waals surface area contributed by atoms with E-state index in [-0.39, 0.29) is 11.9 Å². The lowest BCUT2D eigenvalue weighted by Crippen LogP contribution is -2.24.